The quantitative estimate of drug-likeness (QED) is 0.208. The molecule has 1 aromatic heterocycles. The largest absolute Gasteiger partial charge is 0.481 e. The number of ether oxygens (including phenoxy) is 2. The first-order valence-electron chi connectivity index (χ1n) is 11.7. The summed E-state index contributed by atoms with van der Waals surface area (Å²) in [5, 5.41) is 23.7. The van der Waals surface area contributed by atoms with Gasteiger partial charge < -0.3 is 19.9 Å². The van der Waals surface area contributed by atoms with Crippen LogP contribution in [-0.4, -0.2) is 46.3 Å². The summed E-state index contributed by atoms with van der Waals surface area (Å²) in [6, 6.07) is 6.60. The second kappa shape index (κ2) is 12.2. The number of hydrogen-bond donors (Lipinski definition) is 2. The predicted molar refractivity (Wildman–Crippen MR) is 141 cm³/mol. The van der Waals surface area contributed by atoms with E-state index in [0.29, 0.717) is 12.1 Å². The number of carbonyl (C=O) groups excluding carboxylic acids is 1. The van der Waals surface area contributed by atoms with E-state index >= 15 is 0 Å². The molecule has 11 nitrogen and oxygen atoms in total. The lowest BCUT2D eigenvalue weighted by molar-refractivity contribution is -0.384. The number of amides is 1. The summed E-state index contributed by atoms with van der Waals surface area (Å²) in [5.74, 6) is -0.269. The average Bonchev–Trinajstić information content (AvgIpc) is 2.88. The Morgan fingerprint density at radius 1 is 1.10 bits per heavy atom. The third kappa shape index (κ3) is 7.63. The van der Waals surface area contributed by atoms with Crippen LogP contribution in [-0.2, 0) is 4.74 Å². The van der Waals surface area contributed by atoms with Crippen LogP contribution in [0.4, 0.5) is 40.8 Å². The molecule has 0 aliphatic rings. The molecule has 0 bridgehead atoms. The van der Waals surface area contributed by atoms with Gasteiger partial charge in [-0.2, -0.15) is 4.98 Å². The van der Waals surface area contributed by atoms with Crippen LogP contribution < -0.4 is 15.0 Å². The Morgan fingerprint density at radius 2 is 1.78 bits per heavy atom. The van der Waals surface area contributed by atoms with Crippen molar-refractivity contribution < 1.29 is 42.3 Å². The molecule has 2 aromatic carbocycles. The van der Waals surface area contributed by atoms with Crippen LogP contribution in [0.25, 0.3) is 0 Å². The number of anilines is 3. The molecule has 14 heteroatoms. The number of rotatable bonds is 7. The molecule has 0 unspecified atom stereocenters. The Kier molecular flexibility index (Phi) is 9.03. The lowest BCUT2D eigenvalue weighted by atomic mass is 10.1. The van der Waals surface area contributed by atoms with Crippen molar-refractivity contribution in [3.8, 4) is 17.7 Å². The van der Waals surface area contributed by atoms with Gasteiger partial charge in [0.25, 0.3) is 0 Å². The van der Waals surface area contributed by atoms with Crippen molar-refractivity contribution in [2.45, 2.75) is 26.4 Å². The normalized spacial score (nSPS) is 10.7. The van der Waals surface area contributed by atoms with Crippen molar-refractivity contribution in [3.05, 3.63) is 81.2 Å². The van der Waals surface area contributed by atoms with Gasteiger partial charge in [0.1, 0.15) is 11.4 Å². The van der Waals surface area contributed by atoms with Crippen molar-refractivity contribution in [3.63, 3.8) is 0 Å². The Hall–Kier alpha value is -5.32. The summed E-state index contributed by atoms with van der Waals surface area (Å²) >= 11 is 0. The summed E-state index contributed by atoms with van der Waals surface area (Å²) in [6.07, 6.45) is -1.03. The van der Waals surface area contributed by atoms with E-state index < -0.39 is 63.7 Å². The third-order valence-corrected chi connectivity index (χ3v) is 5.11. The highest BCUT2D eigenvalue weighted by molar-refractivity contribution is 5.95. The molecule has 1 heterocycles. The van der Waals surface area contributed by atoms with Gasteiger partial charge in [0.05, 0.1) is 41.1 Å². The second-order valence-corrected chi connectivity index (χ2v) is 9.25. The number of nitrogens with zero attached hydrogens (tertiary/aromatic N) is 3. The van der Waals surface area contributed by atoms with Gasteiger partial charge in [-0.3, -0.25) is 10.1 Å². The Bertz CT molecular complexity index is 1580. The number of aromatic carboxylic acids is 1. The molecule has 0 fully saturated rings. The van der Waals surface area contributed by atoms with Crippen molar-refractivity contribution in [1.82, 2.24) is 4.98 Å². The average molecular weight is 572 g/mol. The number of pyridine rings is 1. The molecule has 0 radical (unpaired) electrons. The zero-order chi connectivity index (χ0) is 30.5. The van der Waals surface area contributed by atoms with Crippen molar-refractivity contribution in [1.29, 1.82) is 0 Å². The molecule has 0 saturated heterocycles. The maximum Gasteiger partial charge on any atom is 0.417 e. The molecule has 0 aliphatic heterocycles. The molecule has 0 spiro atoms. The van der Waals surface area contributed by atoms with Crippen LogP contribution >= 0.6 is 0 Å². The number of methoxy groups -OCH3 is 1. The van der Waals surface area contributed by atoms with E-state index in [1.807, 2.05) is 0 Å². The van der Waals surface area contributed by atoms with E-state index in [1.165, 1.54) is 19.2 Å². The van der Waals surface area contributed by atoms with Crippen LogP contribution in [0.5, 0.6) is 5.88 Å². The molecule has 3 aromatic rings. The second-order valence-electron chi connectivity index (χ2n) is 9.25. The van der Waals surface area contributed by atoms with Crippen LogP contribution in [0.3, 0.4) is 0 Å². The number of carboxylic acids is 1. The number of carboxylic acid groups (broad SMARTS) is 1. The Balaban J connectivity index is 2.06. The zero-order valence-electron chi connectivity index (χ0n) is 22.1. The van der Waals surface area contributed by atoms with E-state index in [4.69, 9.17) is 9.47 Å². The third-order valence-electron chi connectivity index (χ3n) is 5.11. The zero-order valence-corrected chi connectivity index (χ0v) is 22.1. The van der Waals surface area contributed by atoms with Crippen LogP contribution in [0.15, 0.2) is 42.5 Å². The van der Waals surface area contributed by atoms with E-state index in [1.54, 1.807) is 20.8 Å². The van der Waals surface area contributed by atoms with E-state index in [9.17, 15) is 38.0 Å². The highest BCUT2D eigenvalue weighted by Crippen LogP contribution is 2.30. The van der Waals surface area contributed by atoms with Crippen LogP contribution in [0.1, 0.15) is 36.7 Å². The minimum absolute atomic E-state index is 0.0155. The summed E-state index contributed by atoms with van der Waals surface area (Å²) in [7, 11) is 1.27. The number of nitro groups is 1. The molecular weight excluding hydrogens is 549 g/mol. The van der Waals surface area contributed by atoms with E-state index in [2.05, 4.69) is 22.1 Å². The number of nitrogens with one attached hydrogen (secondary N) is 1. The van der Waals surface area contributed by atoms with Gasteiger partial charge in [0.2, 0.25) is 11.7 Å². The molecule has 0 aliphatic carbocycles. The summed E-state index contributed by atoms with van der Waals surface area (Å²) in [6.45, 7) is 4.21. The van der Waals surface area contributed by atoms with Gasteiger partial charge >= 0.3 is 17.7 Å². The first-order valence-corrected chi connectivity index (χ1v) is 11.7. The summed E-state index contributed by atoms with van der Waals surface area (Å²) in [4.78, 5) is 40.3. The molecule has 2 N–H and O–H groups in total. The topological polar surface area (TPSA) is 144 Å². The lowest BCUT2D eigenvalue weighted by Gasteiger charge is -2.25. The fourth-order valence-corrected chi connectivity index (χ4v) is 3.34. The van der Waals surface area contributed by atoms with Crippen LogP contribution in [0.2, 0.25) is 0 Å². The minimum Gasteiger partial charge on any atom is -0.481 e. The van der Waals surface area contributed by atoms with Gasteiger partial charge in [-0.1, -0.05) is 11.8 Å². The first-order chi connectivity index (χ1) is 19.2. The Labute approximate surface area is 231 Å². The minimum atomic E-state index is -1.55. The summed E-state index contributed by atoms with van der Waals surface area (Å²) < 4.78 is 52.0. The summed E-state index contributed by atoms with van der Waals surface area (Å²) in [5.41, 5.74) is -2.53. The first kappa shape index (κ1) is 30.2. The van der Waals surface area contributed by atoms with Gasteiger partial charge in [-0.05, 0) is 45.0 Å². The van der Waals surface area contributed by atoms with Crippen molar-refractivity contribution >= 4 is 34.9 Å². The SMILES string of the molecule is COc1ccc([N+](=O)[O-])c(N(CC#Cc2cc(F)ccc2Nc2cc(F)c(F)cc2C(=O)O)C(=O)OC(C)(C)C)n1. The molecule has 1 amide bonds. The highest BCUT2D eigenvalue weighted by Gasteiger charge is 2.30. The highest BCUT2D eigenvalue weighted by atomic mass is 19.2. The fourth-order valence-electron chi connectivity index (χ4n) is 3.34. The van der Waals surface area contributed by atoms with Gasteiger partial charge in [0, 0.05) is 18.2 Å². The molecular formula is C27H23F3N4O7. The maximum atomic E-state index is 14.1. The maximum absolute atomic E-state index is 14.1. The van der Waals surface area contributed by atoms with Gasteiger partial charge in [0.15, 0.2) is 11.6 Å². The van der Waals surface area contributed by atoms with E-state index in [0.717, 1.165) is 23.1 Å². The Morgan fingerprint density at radius 3 is 2.39 bits per heavy atom. The van der Waals surface area contributed by atoms with Gasteiger partial charge in [-0.15, -0.1) is 0 Å². The van der Waals surface area contributed by atoms with Gasteiger partial charge in [-0.25, -0.2) is 27.7 Å². The molecule has 214 valence electrons. The van der Waals surface area contributed by atoms with Crippen LogP contribution in [0, 0.1) is 39.4 Å². The predicted octanol–water partition coefficient (Wildman–Crippen LogP) is 5.65. The standard InChI is InChI=1S/C27H23F3N4O7/c1-27(2,3)41-26(37)33(24-22(34(38)39)9-10-23(32-24)40-4)11-5-6-15-12-16(28)7-8-20(15)31-21-14-19(30)18(29)13-17(21)25(35)36/h7-10,12-14,31H,11H2,1-4H3,(H,35,36). The number of halogens is 3. The number of carbonyl (C=O) groups is 2. The van der Waals surface area contributed by atoms with E-state index in [-0.39, 0.29) is 22.8 Å². The number of hydrogen-bond acceptors (Lipinski definition) is 8. The fraction of sp³-hybridized carbons (Fsp3) is 0.222. The smallest absolute Gasteiger partial charge is 0.417 e. The molecule has 3 rings (SSSR count). The molecule has 0 saturated carbocycles. The van der Waals surface area contributed by atoms with Crippen molar-refractivity contribution in [2.75, 3.05) is 23.9 Å². The number of benzene rings is 2. The van der Waals surface area contributed by atoms with Crippen molar-refractivity contribution in [2.24, 2.45) is 0 Å². The molecule has 41 heavy (non-hydrogen) atoms. The monoisotopic (exact) mass is 572 g/mol. The lowest BCUT2D eigenvalue weighted by Crippen LogP contribution is -2.38. The number of aromatic nitrogens is 1. The molecule has 0 atom stereocenters.